The van der Waals surface area contributed by atoms with Gasteiger partial charge in [-0.05, 0) is 25.5 Å². The van der Waals surface area contributed by atoms with E-state index in [1.807, 2.05) is 0 Å². The van der Waals surface area contributed by atoms with Crippen LogP contribution in [-0.2, 0) is 5.41 Å². The van der Waals surface area contributed by atoms with Crippen molar-refractivity contribution in [2.75, 3.05) is 13.1 Å². The molecule has 2 aliphatic heterocycles. The first kappa shape index (κ1) is 13.5. The molecule has 0 unspecified atom stereocenters. The van der Waals surface area contributed by atoms with Gasteiger partial charge in [0.1, 0.15) is 6.54 Å². The van der Waals surface area contributed by atoms with E-state index in [9.17, 15) is 0 Å². The summed E-state index contributed by atoms with van der Waals surface area (Å²) in [5.41, 5.74) is 4.94. The average Bonchev–Trinajstić information content (AvgIpc) is 2.75. The molecular weight excluding hydrogens is 244 g/mol. The van der Waals surface area contributed by atoms with Gasteiger partial charge in [0.2, 0.25) is 0 Å². The second kappa shape index (κ2) is 4.99. The lowest BCUT2D eigenvalue weighted by atomic mass is 9.78. The van der Waals surface area contributed by atoms with Crippen LogP contribution in [-0.4, -0.2) is 28.5 Å². The molecular formula is C14H18N2O3. The van der Waals surface area contributed by atoms with Crippen molar-refractivity contribution >= 4 is 5.71 Å². The van der Waals surface area contributed by atoms with Crippen LogP contribution in [0, 0.1) is 15.3 Å². The maximum atomic E-state index is 8.25. The molecule has 0 spiro atoms. The second-order valence-corrected chi connectivity index (χ2v) is 5.62. The molecule has 0 saturated heterocycles. The quantitative estimate of drug-likeness (QED) is 0.409. The maximum Gasteiger partial charge on any atom is 0.183 e. The Bertz CT molecular complexity index is 531. The zero-order valence-electron chi connectivity index (χ0n) is 11.3. The van der Waals surface area contributed by atoms with Crippen LogP contribution in [0.4, 0.5) is 0 Å². The van der Waals surface area contributed by atoms with Crippen molar-refractivity contribution in [3.05, 3.63) is 50.7 Å². The van der Waals surface area contributed by atoms with E-state index in [2.05, 4.69) is 42.7 Å². The number of nitrogens with zero attached hydrogens (tertiary/aromatic N) is 2. The Morgan fingerprint density at radius 3 is 2.58 bits per heavy atom. The highest BCUT2D eigenvalue weighted by Crippen LogP contribution is 2.33. The highest BCUT2D eigenvalue weighted by atomic mass is 16.9. The SMILES string of the molecule is CC1(C)C[N+]2=C(CCC2)c2ccccc21.O=[N+]([O-])[O-]. The molecule has 1 aromatic rings. The molecule has 0 bridgehead atoms. The van der Waals surface area contributed by atoms with Crippen LogP contribution < -0.4 is 0 Å². The van der Waals surface area contributed by atoms with Gasteiger partial charge in [-0.1, -0.05) is 18.2 Å². The summed E-state index contributed by atoms with van der Waals surface area (Å²) in [4.78, 5) is 8.25. The highest BCUT2D eigenvalue weighted by molar-refractivity contribution is 5.99. The molecule has 0 aromatic heterocycles. The third-order valence-corrected chi connectivity index (χ3v) is 3.78. The molecule has 2 heterocycles. The molecule has 19 heavy (non-hydrogen) atoms. The summed E-state index contributed by atoms with van der Waals surface area (Å²) in [6.45, 7) is 7.17. The van der Waals surface area contributed by atoms with E-state index in [1.165, 1.54) is 37.1 Å². The molecule has 3 rings (SSSR count). The topological polar surface area (TPSA) is 69.2 Å². The number of hydrogen-bond donors (Lipinski definition) is 0. The lowest BCUT2D eigenvalue weighted by Gasteiger charge is -2.29. The summed E-state index contributed by atoms with van der Waals surface area (Å²) >= 11 is 0. The van der Waals surface area contributed by atoms with Crippen LogP contribution in [0.2, 0.25) is 0 Å². The predicted molar refractivity (Wildman–Crippen MR) is 73.2 cm³/mol. The minimum absolute atomic E-state index is 0.310. The van der Waals surface area contributed by atoms with Crippen LogP contribution in [0.1, 0.15) is 37.8 Å². The standard InChI is InChI=1S/C14H18N.NO3/c1-14(2)10-15-9-5-8-13(15)11-6-3-4-7-12(11)14;2-1(3)4/h3-4,6-7H,5,8-10H2,1-2H3;/q+1;-1. The van der Waals surface area contributed by atoms with E-state index in [0.29, 0.717) is 5.41 Å². The highest BCUT2D eigenvalue weighted by Gasteiger charge is 2.39. The van der Waals surface area contributed by atoms with Crippen molar-refractivity contribution < 1.29 is 9.66 Å². The van der Waals surface area contributed by atoms with Crippen molar-refractivity contribution in [3.63, 3.8) is 0 Å². The van der Waals surface area contributed by atoms with Gasteiger partial charge in [0, 0.05) is 23.8 Å². The van der Waals surface area contributed by atoms with E-state index in [4.69, 9.17) is 15.3 Å². The molecule has 5 nitrogen and oxygen atoms in total. The van der Waals surface area contributed by atoms with Crippen LogP contribution in [0.25, 0.3) is 0 Å². The lowest BCUT2D eigenvalue weighted by Crippen LogP contribution is -2.38. The zero-order chi connectivity index (χ0) is 14.0. The van der Waals surface area contributed by atoms with Crippen LogP contribution in [0.3, 0.4) is 0 Å². The van der Waals surface area contributed by atoms with Gasteiger partial charge in [0.15, 0.2) is 12.3 Å². The van der Waals surface area contributed by atoms with Gasteiger partial charge in [-0.2, -0.15) is 0 Å². The Hall–Kier alpha value is -1.91. The first-order valence-corrected chi connectivity index (χ1v) is 6.44. The summed E-state index contributed by atoms with van der Waals surface area (Å²) < 4.78 is 2.59. The van der Waals surface area contributed by atoms with Gasteiger partial charge in [0.25, 0.3) is 0 Å². The summed E-state index contributed by atoms with van der Waals surface area (Å²) in [6, 6.07) is 8.94. The molecule has 0 atom stereocenters. The van der Waals surface area contributed by atoms with Crippen molar-refractivity contribution in [2.45, 2.75) is 32.1 Å². The Kier molecular flexibility index (Phi) is 3.55. The average molecular weight is 262 g/mol. The van der Waals surface area contributed by atoms with Gasteiger partial charge in [0.05, 0.1) is 5.09 Å². The molecule has 1 aromatic carbocycles. The zero-order valence-corrected chi connectivity index (χ0v) is 11.3. The Morgan fingerprint density at radius 1 is 1.26 bits per heavy atom. The maximum absolute atomic E-state index is 8.25. The molecule has 2 aliphatic rings. The number of hydrogen-bond acceptors (Lipinski definition) is 3. The minimum atomic E-state index is -1.75. The summed E-state index contributed by atoms with van der Waals surface area (Å²) in [5.74, 6) is 0. The second-order valence-electron chi connectivity index (χ2n) is 5.62. The molecule has 0 aliphatic carbocycles. The molecule has 0 amide bonds. The van der Waals surface area contributed by atoms with Gasteiger partial charge in [-0.25, -0.2) is 4.58 Å². The van der Waals surface area contributed by atoms with Crippen LogP contribution in [0.5, 0.6) is 0 Å². The fraction of sp³-hybridized carbons (Fsp3) is 0.500. The largest absolute Gasteiger partial charge is 0.356 e. The predicted octanol–water partition coefficient (Wildman–Crippen LogP) is 2.33. The first-order chi connectivity index (χ1) is 8.92. The minimum Gasteiger partial charge on any atom is -0.356 e. The number of fused-ring (bicyclic) bond motifs is 2. The summed E-state index contributed by atoms with van der Waals surface area (Å²) in [5, 5.41) is 14.8. The molecule has 0 N–H and O–H groups in total. The normalized spacial score (nSPS) is 19.1. The van der Waals surface area contributed by atoms with E-state index >= 15 is 0 Å². The van der Waals surface area contributed by atoms with Crippen LogP contribution >= 0.6 is 0 Å². The molecule has 102 valence electrons. The molecule has 0 radical (unpaired) electrons. The Morgan fingerprint density at radius 2 is 1.89 bits per heavy atom. The first-order valence-electron chi connectivity index (χ1n) is 6.44. The lowest BCUT2D eigenvalue weighted by molar-refractivity contribution is -0.530. The van der Waals surface area contributed by atoms with Gasteiger partial charge in [-0.15, -0.1) is 0 Å². The van der Waals surface area contributed by atoms with E-state index < -0.39 is 5.09 Å². The van der Waals surface area contributed by atoms with E-state index in [-0.39, 0.29) is 0 Å². The fourth-order valence-electron chi connectivity index (χ4n) is 3.10. The van der Waals surface area contributed by atoms with Crippen molar-refractivity contribution in [1.82, 2.24) is 0 Å². The molecule has 5 heteroatoms. The van der Waals surface area contributed by atoms with Crippen molar-refractivity contribution in [3.8, 4) is 0 Å². The van der Waals surface area contributed by atoms with Crippen molar-refractivity contribution in [1.29, 1.82) is 0 Å². The number of benzene rings is 1. The molecule has 0 fully saturated rings. The van der Waals surface area contributed by atoms with Gasteiger partial charge < -0.3 is 15.3 Å². The third-order valence-electron chi connectivity index (χ3n) is 3.78. The smallest absolute Gasteiger partial charge is 0.183 e. The van der Waals surface area contributed by atoms with Gasteiger partial charge in [-0.3, -0.25) is 0 Å². The Labute approximate surface area is 112 Å². The monoisotopic (exact) mass is 262 g/mol. The Balaban J connectivity index is 0.000000297. The van der Waals surface area contributed by atoms with E-state index in [1.54, 1.807) is 5.71 Å². The van der Waals surface area contributed by atoms with Crippen LogP contribution in [0.15, 0.2) is 24.3 Å². The van der Waals surface area contributed by atoms with Crippen molar-refractivity contribution in [2.24, 2.45) is 0 Å². The van der Waals surface area contributed by atoms with E-state index in [0.717, 1.165) is 0 Å². The third kappa shape index (κ3) is 2.75. The fourth-order valence-corrected chi connectivity index (χ4v) is 3.10. The summed E-state index contributed by atoms with van der Waals surface area (Å²) in [7, 11) is 0. The molecule has 0 saturated carbocycles. The number of rotatable bonds is 0. The summed E-state index contributed by atoms with van der Waals surface area (Å²) in [6.07, 6.45) is 2.60. The van der Waals surface area contributed by atoms with Gasteiger partial charge >= 0.3 is 0 Å².